The summed E-state index contributed by atoms with van der Waals surface area (Å²) in [5.74, 6) is 0.532. The van der Waals surface area contributed by atoms with Crippen LogP contribution < -0.4 is 4.74 Å². The molecule has 1 N–H and O–H groups in total. The van der Waals surface area contributed by atoms with Crippen LogP contribution in [0.3, 0.4) is 0 Å². The predicted octanol–water partition coefficient (Wildman–Crippen LogP) is 3.52. The van der Waals surface area contributed by atoms with Gasteiger partial charge in [-0.05, 0) is 30.7 Å². The van der Waals surface area contributed by atoms with Crippen molar-refractivity contribution in [2.24, 2.45) is 5.41 Å². The van der Waals surface area contributed by atoms with Gasteiger partial charge in [-0.3, -0.25) is 0 Å². The molecule has 0 radical (unpaired) electrons. The molecule has 0 aliphatic heterocycles. The molecule has 0 aromatic carbocycles. The van der Waals surface area contributed by atoms with Crippen molar-refractivity contribution in [2.75, 3.05) is 6.61 Å². The van der Waals surface area contributed by atoms with Gasteiger partial charge in [0.2, 0.25) is 5.88 Å². The van der Waals surface area contributed by atoms with Gasteiger partial charge >= 0.3 is 0 Å². The van der Waals surface area contributed by atoms with Crippen LogP contribution in [0.4, 0.5) is 0 Å². The summed E-state index contributed by atoms with van der Waals surface area (Å²) in [5, 5.41) is 15.3. The molecular formula is C17H25ClN4O2. The van der Waals surface area contributed by atoms with E-state index in [0.717, 1.165) is 19.3 Å². The van der Waals surface area contributed by atoms with Gasteiger partial charge in [-0.1, -0.05) is 38.4 Å². The van der Waals surface area contributed by atoms with E-state index in [1.807, 2.05) is 26.8 Å². The Balaban J connectivity index is 1.83. The van der Waals surface area contributed by atoms with E-state index in [0.29, 0.717) is 17.6 Å². The molecule has 132 valence electrons. The number of hydrogen-bond acceptors (Lipinski definition) is 5. The van der Waals surface area contributed by atoms with Gasteiger partial charge in [0.1, 0.15) is 17.8 Å². The Morgan fingerprint density at radius 2 is 2.08 bits per heavy atom. The second-order valence-electron chi connectivity index (χ2n) is 6.90. The number of aliphatic hydroxyl groups excluding tert-OH is 1. The second-order valence-corrected chi connectivity index (χ2v) is 7.28. The molecule has 0 aliphatic rings. The smallest absolute Gasteiger partial charge is 0.214 e. The van der Waals surface area contributed by atoms with E-state index in [9.17, 15) is 5.11 Å². The number of halogens is 1. The van der Waals surface area contributed by atoms with Crippen molar-refractivity contribution < 1.29 is 9.84 Å². The molecule has 0 fully saturated rings. The zero-order valence-electron chi connectivity index (χ0n) is 14.4. The van der Waals surface area contributed by atoms with Crippen molar-refractivity contribution in [1.29, 1.82) is 0 Å². The zero-order chi connectivity index (χ0) is 17.6. The van der Waals surface area contributed by atoms with E-state index in [2.05, 4.69) is 15.1 Å². The molecule has 6 nitrogen and oxygen atoms in total. The van der Waals surface area contributed by atoms with Gasteiger partial charge in [-0.15, -0.1) is 0 Å². The summed E-state index contributed by atoms with van der Waals surface area (Å²) in [4.78, 5) is 8.08. The summed E-state index contributed by atoms with van der Waals surface area (Å²) in [6, 6.07) is 5.21. The molecule has 0 bridgehead atoms. The molecule has 2 heterocycles. The maximum atomic E-state index is 10.6. The van der Waals surface area contributed by atoms with Gasteiger partial charge in [0, 0.05) is 6.07 Å². The molecule has 0 saturated heterocycles. The van der Waals surface area contributed by atoms with E-state index >= 15 is 0 Å². The maximum Gasteiger partial charge on any atom is 0.214 e. The van der Waals surface area contributed by atoms with E-state index in [1.54, 1.807) is 23.1 Å². The van der Waals surface area contributed by atoms with E-state index in [-0.39, 0.29) is 11.5 Å². The van der Waals surface area contributed by atoms with E-state index in [4.69, 9.17) is 16.3 Å². The fourth-order valence-corrected chi connectivity index (χ4v) is 2.66. The van der Waals surface area contributed by atoms with Crippen LogP contribution in [0.1, 0.15) is 46.1 Å². The number of aromatic nitrogens is 4. The fourth-order valence-electron chi connectivity index (χ4n) is 2.50. The SMILES string of the molecule is CC(C)(C)C(O)C(CCCCOc1cccc(Cl)n1)n1cncn1. The fraction of sp³-hybridized carbons (Fsp3) is 0.588. The Kier molecular flexibility index (Phi) is 6.57. The van der Waals surface area contributed by atoms with Crippen molar-refractivity contribution in [3.8, 4) is 5.88 Å². The molecule has 2 rings (SSSR count). The van der Waals surface area contributed by atoms with Crippen molar-refractivity contribution >= 4 is 11.6 Å². The average Bonchev–Trinajstić information content (AvgIpc) is 3.03. The van der Waals surface area contributed by atoms with Crippen molar-refractivity contribution in [3.63, 3.8) is 0 Å². The molecule has 2 aromatic heterocycles. The van der Waals surface area contributed by atoms with Crippen molar-refractivity contribution in [3.05, 3.63) is 36.0 Å². The summed E-state index contributed by atoms with van der Waals surface area (Å²) >= 11 is 5.83. The first kappa shape index (κ1) is 18.7. The van der Waals surface area contributed by atoms with Crippen LogP contribution in [-0.4, -0.2) is 37.6 Å². The summed E-state index contributed by atoms with van der Waals surface area (Å²) in [5.41, 5.74) is -0.224. The lowest BCUT2D eigenvalue weighted by molar-refractivity contribution is 0.00821. The summed E-state index contributed by atoms with van der Waals surface area (Å²) < 4.78 is 7.34. The van der Waals surface area contributed by atoms with Gasteiger partial charge in [-0.25, -0.2) is 14.6 Å². The first-order valence-electron chi connectivity index (χ1n) is 8.15. The summed E-state index contributed by atoms with van der Waals surface area (Å²) in [6.07, 6.45) is 5.21. The molecule has 0 aliphatic carbocycles. The number of rotatable bonds is 8. The minimum atomic E-state index is -0.505. The van der Waals surface area contributed by atoms with Gasteiger partial charge in [0.15, 0.2) is 0 Å². The topological polar surface area (TPSA) is 73.1 Å². The van der Waals surface area contributed by atoms with Crippen LogP contribution >= 0.6 is 11.6 Å². The zero-order valence-corrected chi connectivity index (χ0v) is 15.1. The first-order valence-corrected chi connectivity index (χ1v) is 8.53. The molecule has 2 atom stereocenters. The van der Waals surface area contributed by atoms with E-state index < -0.39 is 6.10 Å². The Morgan fingerprint density at radius 3 is 2.71 bits per heavy atom. The number of hydrogen-bond donors (Lipinski definition) is 1. The second kappa shape index (κ2) is 8.44. The van der Waals surface area contributed by atoms with Gasteiger partial charge in [-0.2, -0.15) is 5.10 Å². The normalized spacial score (nSPS) is 14.4. The highest BCUT2D eigenvalue weighted by Crippen LogP contribution is 2.31. The van der Waals surface area contributed by atoms with Crippen molar-refractivity contribution in [1.82, 2.24) is 19.7 Å². The number of pyridine rings is 1. The molecule has 2 unspecified atom stereocenters. The Bertz CT molecular complexity index is 613. The molecule has 7 heteroatoms. The quantitative estimate of drug-likeness (QED) is 0.581. The number of ether oxygens (including phenoxy) is 1. The number of nitrogens with zero attached hydrogens (tertiary/aromatic N) is 4. The molecule has 2 aromatic rings. The summed E-state index contributed by atoms with van der Waals surface area (Å²) in [6.45, 7) is 6.63. The largest absolute Gasteiger partial charge is 0.478 e. The number of unbranched alkanes of at least 4 members (excludes halogenated alkanes) is 1. The van der Waals surface area contributed by atoms with Crippen LogP contribution in [0.2, 0.25) is 5.15 Å². The van der Waals surface area contributed by atoms with Gasteiger partial charge < -0.3 is 9.84 Å². The Hall–Kier alpha value is -1.66. The molecular weight excluding hydrogens is 328 g/mol. The molecule has 0 amide bonds. The Labute approximate surface area is 147 Å². The minimum absolute atomic E-state index is 0.100. The highest BCUT2D eigenvalue weighted by molar-refractivity contribution is 6.29. The number of aliphatic hydroxyl groups is 1. The third-order valence-corrected chi connectivity index (χ3v) is 4.07. The predicted molar refractivity (Wildman–Crippen MR) is 93.1 cm³/mol. The van der Waals surface area contributed by atoms with Crippen molar-refractivity contribution in [2.45, 2.75) is 52.2 Å². The van der Waals surface area contributed by atoms with Crippen LogP contribution in [0.5, 0.6) is 5.88 Å². The lowest BCUT2D eigenvalue weighted by atomic mass is 9.83. The summed E-state index contributed by atoms with van der Waals surface area (Å²) in [7, 11) is 0. The third-order valence-electron chi connectivity index (χ3n) is 3.86. The van der Waals surface area contributed by atoms with Gasteiger partial charge in [0.05, 0.1) is 18.8 Å². The lowest BCUT2D eigenvalue weighted by Gasteiger charge is -2.33. The molecule has 0 saturated carbocycles. The van der Waals surface area contributed by atoms with Crippen LogP contribution in [0.25, 0.3) is 0 Å². The van der Waals surface area contributed by atoms with Crippen LogP contribution in [-0.2, 0) is 0 Å². The highest BCUT2D eigenvalue weighted by Gasteiger charge is 2.31. The van der Waals surface area contributed by atoms with Crippen LogP contribution in [0, 0.1) is 5.41 Å². The maximum absolute atomic E-state index is 10.6. The molecule has 24 heavy (non-hydrogen) atoms. The standard InChI is InChI=1S/C17H25ClN4O2/c1-17(2,3)16(23)13(22-12-19-11-20-22)7-4-5-10-24-15-9-6-8-14(18)21-15/h6,8-9,11-13,16,23H,4-5,7,10H2,1-3H3. The third kappa shape index (κ3) is 5.46. The van der Waals surface area contributed by atoms with Crippen LogP contribution in [0.15, 0.2) is 30.9 Å². The van der Waals surface area contributed by atoms with E-state index in [1.165, 1.54) is 6.33 Å². The molecule has 0 spiro atoms. The highest BCUT2D eigenvalue weighted by atomic mass is 35.5. The average molecular weight is 353 g/mol. The monoisotopic (exact) mass is 352 g/mol. The first-order chi connectivity index (χ1) is 11.4. The minimum Gasteiger partial charge on any atom is -0.478 e. The Morgan fingerprint density at radius 1 is 1.29 bits per heavy atom. The lowest BCUT2D eigenvalue weighted by Crippen LogP contribution is -2.35. The van der Waals surface area contributed by atoms with Gasteiger partial charge in [0.25, 0.3) is 0 Å².